The number of nitrogens with one attached hydrogen (secondary N) is 1. The molecule has 0 fully saturated rings. The Balaban J connectivity index is 1.55. The van der Waals surface area contributed by atoms with Gasteiger partial charge < -0.3 is 14.8 Å². The highest BCUT2D eigenvalue weighted by Gasteiger charge is 2.14. The van der Waals surface area contributed by atoms with E-state index in [1.807, 2.05) is 42.5 Å². The highest BCUT2D eigenvalue weighted by molar-refractivity contribution is 9.10. The molecule has 0 saturated carbocycles. The Morgan fingerprint density at radius 3 is 2.48 bits per heavy atom. The standard InChI is InChI=1S/C28H32BrNO3/c1-2-3-4-8-18-33-27-17-16-23(29)20-26(27)28(31)30-24-14-9-15-25(21-24)32-19-10-13-22-11-6-5-7-12-22/h5-7,9,11-12,14-17,20-21H,2-4,8,10,13,18-19H2,1H3,(H,30,31). The van der Waals surface area contributed by atoms with E-state index < -0.39 is 0 Å². The lowest BCUT2D eigenvalue weighted by molar-refractivity contribution is 0.102. The van der Waals surface area contributed by atoms with Gasteiger partial charge in [-0.25, -0.2) is 0 Å². The minimum atomic E-state index is -0.207. The van der Waals surface area contributed by atoms with Gasteiger partial charge >= 0.3 is 0 Å². The fourth-order valence-corrected chi connectivity index (χ4v) is 3.85. The van der Waals surface area contributed by atoms with Crippen LogP contribution < -0.4 is 14.8 Å². The highest BCUT2D eigenvalue weighted by Crippen LogP contribution is 2.26. The number of amides is 1. The molecule has 4 nitrogen and oxygen atoms in total. The van der Waals surface area contributed by atoms with Crippen LogP contribution in [0.2, 0.25) is 0 Å². The van der Waals surface area contributed by atoms with Gasteiger partial charge in [-0.15, -0.1) is 0 Å². The monoisotopic (exact) mass is 509 g/mol. The van der Waals surface area contributed by atoms with Crippen LogP contribution in [0.15, 0.2) is 77.3 Å². The number of halogens is 1. The second-order valence-electron chi connectivity index (χ2n) is 7.97. The number of rotatable bonds is 13. The average molecular weight is 510 g/mol. The van der Waals surface area contributed by atoms with Gasteiger partial charge in [0.2, 0.25) is 0 Å². The molecule has 0 radical (unpaired) electrons. The zero-order chi connectivity index (χ0) is 23.3. The summed E-state index contributed by atoms with van der Waals surface area (Å²) < 4.78 is 12.7. The summed E-state index contributed by atoms with van der Waals surface area (Å²) in [4.78, 5) is 13.0. The molecule has 3 aromatic carbocycles. The van der Waals surface area contributed by atoms with Crippen molar-refractivity contribution in [2.24, 2.45) is 0 Å². The third-order valence-electron chi connectivity index (χ3n) is 5.25. The zero-order valence-corrected chi connectivity index (χ0v) is 20.8. The molecule has 0 bridgehead atoms. The molecule has 33 heavy (non-hydrogen) atoms. The van der Waals surface area contributed by atoms with Crippen molar-refractivity contribution < 1.29 is 14.3 Å². The number of carbonyl (C=O) groups is 1. The first-order chi connectivity index (χ1) is 16.2. The lowest BCUT2D eigenvalue weighted by atomic mass is 10.1. The van der Waals surface area contributed by atoms with Crippen molar-refractivity contribution in [2.45, 2.75) is 45.4 Å². The topological polar surface area (TPSA) is 47.6 Å². The number of hydrogen-bond acceptors (Lipinski definition) is 3. The SMILES string of the molecule is CCCCCCOc1ccc(Br)cc1C(=O)Nc1cccc(OCCCc2ccccc2)c1. The predicted octanol–water partition coefficient (Wildman–Crippen LogP) is 7.67. The average Bonchev–Trinajstić information content (AvgIpc) is 2.83. The number of unbranched alkanes of at least 4 members (excludes halogenated alkanes) is 3. The van der Waals surface area contributed by atoms with Crippen molar-refractivity contribution in [1.29, 1.82) is 0 Å². The first kappa shape index (κ1) is 24.8. The van der Waals surface area contributed by atoms with Crippen LogP contribution in [0.1, 0.15) is 54.9 Å². The largest absolute Gasteiger partial charge is 0.494 e. The van der Waals surface area contributed by atoms with Gasteiger partial charge in [0.1, 0.15) is 11.5 Å². The highest BCUT2D eigenvalue weighted by atomic mass is 79.9. The predicted molar refractivity (Wildman–Crippen MR) is 138 cm³/mol. The Bertz CT molecular complexity index is 1010. The van der Waals surface area contributed by atoms with Crippen LogP contribution in [-0.2, 0) is 6.42 Å². The van der Waals surface area contributed by atoms with E-state index in [0.29, 0.717) is 30.2 Å². The third-order valence-corrected chi connectivity index (χ3v) is 5.75. The Labute approximate surface area is 205 Å². The van der Waals surface area contributed by atoms with Gasteiger partial charge in [-0.1, -0.05) is 78.5 Å². The van der Waals surface area contributed by atoms with E-state index in [9.17, 15) is 4.79 Å². The van der Waals surface area contributed by atoms with Crippen molar-refractivity contribution in [1.82, 2.24) is 0 Å². The van der Waals surface area contributed by atoms with Gasteiger partial charge in [0.05, 0.1) is 18.8 Å². The molecule has 1 amide bonds. The van der Waals surface area contributed by atoms with Gasteiger partial charge in [-0.3, -0.25) is 4.79 Å². The maximum atomic E-state index is 13.0. The summed E-state index contributed by atoms with van der Waals surface area (Å²) in [7, 11) is 0. The number of ether oxygens (including phenoxy) is 2. The smallest absolute Gasteiger partial charge is 0.259 e. The molecule has 0 saturated heterocycles. The molecule has 0 atom stereocenters. The second kappa shape index (κ2) is 13.7. The van der Waals surface area contributed by atoms with E-state index in [0.717, 1.165) is 35.9 Å². The Kier molecular flexibility index (Phi) is 10.3. The van der Waals surface area contributed by atoms with Crippen molar-refractivity contribution in [3.05, 3.63) is 88.4 Å². The number of benzene rings is 3. The molecule has 3 rings (SSSR count). The summed E-state index contributed by atoms with van der Waals surface area (Å²) in [6, 6.07) is 23.4. The van der Waals surface area contributed by atoms with Gasteiger partial charge in [-0.05, 0) is 55.2 Å². The van der Waals surface area contributed by atoms with Crippen LogP contribution in [-0.4, -0.2) is 19.1 Å². The lowest BCUT2D eigenvalue weighted by Crippen LogP contribution is -2.14. The van der Waals surface area contributed by atoms with E-state index in [4.69, 9.17) is 9.47 Å². The molecule has 0 aliphatic rings. The van der Waals surface area contributed by atoms with E-state index >= 15 is 0 Å². The van der Waals surface area contributed by atoms with E-state index in [1.54, 1.807) is 6.07 Å². The molecule has 0 unspecified atom stereocenters. The molecule has 0 aliphatic carbocycles. The van der Waals surface area contributed by atoms with Gasteiger partial charge in [-0.2, -0.15) is 0 Å². The zero-order valence-electron chi connectivity index (χ0n) is 19.2. The number of aryl methyl sites for hydroxylation is 1. The number of anilines is 1. The van der Waals surface area contributed by atoms with Gasteiger partial charge in [0.25, 0.3) is 5.91 Å². The molecule has 0 aromatic heterocycles. The van der Waals surface area contributed by atoms with Crippen molar-refractivity contribution in [2.75, 3.05) is 18.5 Å². The Hall–Kier alpha value is -2.79. The van der Waals surface area contributed by atoms with Gasteiger partial charge in [0, 0.05) is 16.2 Å². The van der Waals surface area contributed by atoms with Crippen molar-refractivity contribution in [3.63, 3.8) is 0 Å². The van der Waals surface area contributed by atoms with Gasteiger partial charge in [0.15, 0.2) is 0 Å². The summed E-state index contributed by atoms with van der Waals surface area (Å²) in [6.07, 6.45) is 6.39. The second-order valence-corrected chi connectivity index (χ2v) is 8.88. The maximum absolute atomic E-state index is 13.0. The van der Waals surface area contributed by atoms with E-state index in [-0.39, 0.29) is 5.91 Å². The molecule has 1 N–H and O–H groups in total. The molecule has 0 spiro atoms. The first-order valence-electron chi connectivity index (χ1n) is 11.7. The van der Waals surface area contributed by atoms with Crippen LogP contribution in [0.4, 0.5) is 5.69 Å². The Morgan fingerprint density at radius 1 is 0.848 bits per heavy atom. The van der Waals surface area contributed by atoms with Crippen molar-refractivity contribution in [3.8, 4) is 11.5 Å². The fraction of sp³-hybridized carbons (Fsp3) is 0.321. The lowest BCUT2D eigenvalue weighted by Gasteiger charge is -2.13. The maximum Gasteiger partial charge on any atom is 0.259 e. The summed E-state index contributed by atoms with van der Waals surface area (Å²) in [5.74, 6) is 1.13. The van der Waals surface area contributed by atoms with Crippen LogP contribution >= 0.6 is 15.9 Å². The van der Waals surface area contributed by atoms with E-state index in [1.165, 1.54) is 18.4 Å². The molecule has 0 aliphatic heterocycles. The van der Waals surface area contributed by atoms with Crippen LogP contribution in [0.5, 0.6) is 11.5 Å². The van der Waals surface area contributed by atoms with Crippen molar-refractivity contribution >= 4 is 27.5 Å². The number of carbonyl (C=O) groups excluding carboxylic acids is 1. The normalized spacial score (nSPS) is 10.6. The number of hydrogen-bond donors (Lipinski definition) is 1. The summed E-state index contributed by atoms with van der Waals surface area (Å²) in [5, 5.41) is 2.97. The van der Waals surface area contributed by atoms with Crippen LogP contribution in [0.3, 0.4) is 0 Å². The molecular formula is C28H32BrNO3. The van der Waals surface area contributed by atoms with E-state index in [2.05, 4.69) is 52.4 Å². The fourth-order valence-electron chi connectivity index (χ4n) is 3.49. The minimum Gasteiger partial charge on any atom is -0.494 e. The molecule has 0 heterocycles. The third kappa shape index (κ3) is 8.58. The molecule has 174 valence electrons. The molecular weight excluding hydrogens is 478 g/mol. The van der Waals surface area contributed by atoms with Crippen LogP contribution in [0.25, 0.3) is 0 Å². The first-order valence-corrected chi connectivity index (χ1v) is 12.5. The molecule has 5 heteroatoms. The summed E-state index contributed by atoms with van der Waals surface area (Å²) in [5.41, 5.74) is 2.50. The van der Waals surface area contributed by atoms with Crippen LogP contribution in [0, 0.1) is 0 Å². The quantitative estimate of drug-likeness (QED) is 0.240. The summed E-state index contributed by atoms with van der Waals surface area (Å²) in [6.45, 7) is 3.41. The summed E-state index contributed by atoms with van der Waals surface area (Å²) >= 11 is 3.46. The minimum absolute atomic E-state index is 0.207. The molecule has 3 aromatic rings. The Morgan fingerprint density at radius 2 is 1.67 bits per heavy atom.